The van der Waals surface area contributed by atoms with Crippen molar-refractivity contribution in [2.24, 2.45) is 0 Å². The summed E-state index contributed by atoms with van der Waals surface area (Å²) >= 11 is 0. The number of nitrogens with zero attached hydrogens (tertiary/aromatic N) is 4. The van der Waals surface area contributed by atoms with Gasteiger partial charge < -0.3 is 19.6 Å². The molecular formula is C70H56N4. The van der Waals surface area contributed by atoms with Crippen LogP contribution in [0.4, 0.5) is 45.5 Å². The van der Waals surface area contributed by atoms with Gasteiger partial charge in [0.1, 0.15) is 0 Å². The van der Waals surface area contributed by atoms with E-state index >= 15 is 0 Å². The Morgan fingerprint density at radius 2 is 0.784 bits per heavy atom. The van der Waals surface area contributed by atoms with Gasteiger partial charge in [-0.1, -0.05) is 155 Å². The van der Waals surface area contributed by atoms with E-state index in [0.29, 0.717) is 0 Å². The molecule has 0 atom stereocenters. The first-order chi connectivity index (χ1) is 36.1. The molecule has 0 unspecified atom stereocenters. The Bertz CT molecular complexity index is 4100. The second-order valence-corrected chi connectivity index (χ2v) is 22.1. The van der Waals surface area contributed by atoms with Crippen molar-refractivity contribution in [3.8, 4) is 44.5 Å². The van der Waals surface area contributed by atoms with E-state index < -0.39 is 0 Å². The van der Waals surface area contributed by atoms with Crippen molar-refractivity contribution in [3.63, 3.8) is 0 Å². The maximum Gasteiger partial charge on any atom is 0.0699 e. The summed E-state index contributed by atoms with van der Waals surface area (Å²) in [7, 11) is 4.42. The molecule has 0 saturated heterocycles. The molecule has 2 aliphatic heterocycles. The van der Waals surface area contributed by atoms with Gasteiger partial charge in [0.05, 0.1) is 39.8 Å². The minimum Gasteiger partial charge on any atom is -0.345 e. The summed E-state index contributed by atoms with van der Waals surface area (Å²) in [6, 6.07) is 73.9. The molecule has 0 radical (unpaired) electrons. The molecule has 10 aromatic carbocycles. The average molecular weight is 953 g/mol. The topological polar surface area (TPSA) is 13.0 Å². The van der Waals surface area contributed by atoms with Crippen LogP contribution in [0, 0.1) is 0 Å². The van der Waals surface area contributed by atoms with E-state index in [9.17, 15) is 0 Å². The van der Waals surface area contributed by atoms with Gasteiger partial charge in [0, 0.05) is 42.0 Å². The number of hydrogen-bond acceptors (Lipinski definition) is 4. The molecule has 15 rings (SSSR count). The molecule has 356 valence electrons. The molecule has 2 heterocycles. The molecule has 3 aliphatic carbocycles. The van der Waals surface area contributed by atoms with Gasteiger partial charge in [-0.2, -0.15) is 0 Å². The van der Waals surface area contributed by atoms with E-state index in [1.807, 2.05) is 0 Å². The van der Waals surface area contributed by atoms with E-state index in [0.717, 1.165) is 35.6 Å². The first-order valence-electron chi connectivity index (χ1n) is 26.4. The Morgan fingerprint density at radius 1 is 0.365 bits per heavy atom. The molecule has 4 nitrogen and oxygen atoms in total. The highest BCUT2D eigenvalue weighted by molar-refractivity contribution is 6.23. The van der Waals surface area contributed by atoms with Gasteiger partial charge in [-0.15, -0.1) is 0 Å². The lowest BCUT2D eigenvalue weighted by Crippen LogP contribution is -2.32. The summed E-state index contributed by atoms with van der Waals surface area (Å²) in [5.74, 6) is 0. The van der Waals surface area contributed by atoms with Gasteiger partial charge >= 0.3 is 0 Å². The van der Waals surface area contributed by atoms with Gasteiger partial charge in [0.25, 0.3) is 0 Å². The van der Waals surface area contributed by atoms with Crippen LogP contribution in [0.1, 0.15) is 62.8 Å². The van der Waals surface area contributed by atoms with Crippen LogP contribution < -0.4 is 19.6 Å². The monoisotopic (exact) mass is 952 g/mol. The summed E-state index contributed by atoms with van der Waals surface area (Å²) in [5.41, 5.74) is 27.5. The van der Waals surface area contributed by atoms with Crippen LogP contribution in [0.2, 0.25) is 0 Å². The average Bonchev–Trinajstić information content (AvgIpc) is 3.81. The van der Waals surface area contributed by atoms with E-state index in [1.165, 1.54) is 122 Å². The van der Waals surface area contributed by atoms with Crippen molar-refractivity contribution in [2.75, 3.05) is 33.7 Å². The Balaban J connectivity index is 1.06. The lowest BCUT2D eigenvalue weighted by atomic mass is 9.79. The number of rotatable bonds is 4. The molecular weight excluding hydrogens is 897 g/mol. The zero-order valence-electron chi connectivity index (χ0n) is 42.8. The number of hydrogen-bond donors (Lipinski definition) is 0. The van der Waals surface area contributed by atoms with Crippen LogP contribution in [0.5, 0.6) is 0 Å². The first-order valence-corrected chi connectivity index (χ1v) is 26.4. The minimum atomic E-state index is -0.165. The van der Waals surface area contributed by atoms with Crippen LogP contribution in [0.25, 0.3) is 66.1 Å². The molecule has 0 N–H and O–H groups in total. The van der Waals surface area contributed by atoms with Gasteiger partial charge in [-0.3, -0.25) is 0 Å². The van der Waals surface area contributed by atoms with Crippen molar-refractivity contribution in [2.45, 2.75) is 51.4 Å². The summed E-state index contributed by atoms with van der Waals surface area (Å²) in [6.45, 7) is 9.60. The van der Waals surface area contributed by atoms with Crippen molar-refractivity contribution in [1.82, 2.24) is 0 Å². The molecule has 0 spiro atoms. The second kappa shape index (κ2) is 15.5. The molecule has 5 aliphatic rings. The van der Waals surface area contributed by atoms with E-state index in [-0.39, 0.29) is 10.8 Å². The lowest BCUT2D eigenvalue weighted by molar-refractivity contribution is 0.660. The Hall–Kier alpha value is -8.60. The predicted octanol–water partition coefficient (Wildman–Crippen LogP) is 18.6. The minimum absolute atomic E-state index is 0.164. The van der Waals surface area contributed by atoms with Crippen LogP contribution in [0.15, 0.2) is 218 Å². The molecule has 0 aromatic heterocycles. The van der Waals surface area contributed by atoms with Crippen LogP contribution in [-0.4, -0.2) is 14.1 Å². The van der Waals surface area contributed by atoms with Gasteiger partial charge in [0.15, 0.2) is 0 Å². The molecule has 10 aromatic rings. The SMILES string of the molecule is CN1C2=C(C=CCC2)N(c2ccc3c(-c4ccc5c(c4)C(C)(C)c4ccccc4-5)c4cc(N5c6ccccc6N(C)c6ccccc65)ccc4c(-c4ccc5c(c4)C(C)(C)c4ccccc4-5)c3c2)c2ccccc21. The van der Waals surface area contributed by atoms with Crippen LogP contribution in [0.3, 0.4) is 0 Å². The highest BCUT2D eigenvalue weighted by Crippen LogP contribution is 2.57. The van der Waals surface area contributed by atoms with E-state index in [1.54, 1.807) is 0 Å². The van der Waals surface area contributed by atoms with Crippen LogP contribution in [-0.2, 0) is 10.8 Å². The third-order valence-corrected chi connectivity index (χ3v) is 17.6. The maximum atomic E-state index is 2.53. The van der Waals surface area contributed by atoms with Crippen LogP contribution >= 0.6 is 0 Å². The Labute approximate surface area is 434 Å². The number of fused-ring (bicyclic) bond motifs is 11. The van der Waals surface area contributed by atoms with Crippen molar-refractivity contribution < 1.29 is 0 Å². The number of anilines is 8. The van der Waals surface area contributed by atoms with Gasteiger partial charge in [-0.05, 0) is 180 Å². The fraction of sp³-hybridized carbons (Fsp3) is 0.143. The van der Waals surface area contributed by atoms with Crippen molar-refractivity contribution in [3.05, 3.63) is 240 Å². The van der Waals surface area contributed by atoms with Crippen molar-refractivity contribution >= 4 is 67.0 Å². The Kier molecular flexibility index (Phi) is 8.99. The van der Waals surface area contributed by atoms with Gasteiger partial charge in [0.2, 0.25) is 0 Å². The third-order valence-electron chi connectivity index (χ3n) is 17.6. The lowest BCUT2D eigenvalue weighted by Gasteiger charge is -2.41. The summed E-state index contributed by atoms with van der Waals surface area (Å²) in [6.07, 6.45) is 6.73. The largest absolute Gasteiger partial charge is 0.345 e. The van der Waals surface area contributed by atoms with Gasteiger partial charge in [-0.25, -0.2) is 0 Å². The van der Waals surface area contributed by atoms with E-state index in [4.69, 9.17) is 0 Å². The molecule has 4 heteroatoms. The molecule has 0 bridgehead atoms. The highest BCUT2D eigenvalue weighted by Gasteiger charge is 2.38. The van der Waals surface area contributed by atoms with E-state index in [2.05, 4.69) is 268 Å². The zero-order valence-corrected chi connectivity index (χ0v) is 42.8. The maximum absolute atomic E-state index is 2.53. The second-order valence-electron chi connectivity index (χ2n) is 22.1. The summed E-state index contributed by atoms with van der Waals surface area (Å²) in [5, 5.41) is 4.94. The smallest absolute Gasteiger partial charge is 0.0699 e. The number of benzene rings is 10. The van der Waals surface area contributed by atoms with Crippen molar-refractivity contribution in [1.29, 1.82) is 0 Å². The quantitative estimate of drug-likeness (QED) is 0.163. The Morgan fingerprint density at radius 3 is 1.30 bits per heavy atom. The first kappa shape index (κ1) is 43.0. The molecule has 74 heavy (non-hydrogen) atoms. The number of para-hydroxylation sites is 6. The fourth-order valence-electron chi connectivity index (χ4n) is 13.9. The highest BCUT2D eigenvalue weighted by atomic mass is 15.3. The number of allylic oxidation sites excluding steroid dienone is 3. The standard InChI is InChI=1S/C70H56N4/c1-69(2)55-21-9-7-19-47(55)49-35-31-43(39-57(49)69)67-51-37-33-46(74-65-29-17-13-25-61(65)72(6)62-26-14-18-30-66(62)74)42-54(51)68(44-32-36-50-48-20-8-10-22-56(48)70(3,4)58(50)40-44)52-38-34-45(41-53(52)67)73-63-27-15-11-23-59(63)71(5)60-24-12-16-28-64(60)73/h7-13,15-25,27-42H,14,26H2,1-6H3. The molecule has 0 saturated carbocycles. The zero-order chi connectivity index (χ0) is 49.8. The third kappa shape index (κ3) is 5.85. The summed E-state index contributed by atoms with van der Waals surface area (Å²) in [4.78, 5) is 9.74. The molecule has 0 fully saturated rings. The molecule has 0 amide bonds. The summed E-state index contributed by atoms with van der Waals surface area (Å²) < 4.78 is 0. The normalized spacial score (nSPS) is 16.1. The fourth-order valence-corrected chi connectivity index (χ4v) is 13.9. The predicted molar refractivity (Wildman–Crippen MR) is 313 cm³/mol.